The minimum atomic E-state index is 0.0217. The Morgan fingerprint density at radius 2 is 2.06 bits per heavy atom. The van der Waals surface area contributed by atoms with E-state index >= 15 is 0 Å². The van der Waals surface area contributed by atoms with Crippen molar-refractivity contribution in [3.8, 4) is 0 Å². The minimum Gasteiger partial charge on any atom is -0.382 e. The average Bonchev–Trinajstić information content (AvgIpc) is 2.28. The van der Waals surface area contributed by atoms with E-state index in [9.17, 15) is 0 Å². The van der Waals surface area contributed by atoms with Crippen LogP contribution in [-0.2, 0) is 11.2 Å². The number of rotatable bonds is 5. The standard InChI is InChI=1S/C12H18N2OS/c1-3-9-4-6-10(7-5-9)11(8-15-2)14-12(13)16/h4-7,11H,3,8H2,1-2H3,(H3,13,14,16). The number of hydrogen-bond donors (Lipinski definition) is 2. The van der Waals surface area contributed by atoms with E-state index in [1.807, 2.05) is 0 Å². The zero-order valence-corrected chi connectivity index (χ0v) is 10.5. The number of methoxy groups -OCH3 is 1. The van der Waals surface area contributed by atoms with Gasteiger partial charge in [0, 0.05) is 7.11 Å². The van der Waals surface area contributed by atoms with Crippen LogP contribution in [0.15, 0.2) is 24.3 Å². The summed E-state index contributed by atoms with van der Waals surface area (Å²) < 4.78 is 5.14. The van der Waals surface area contributed by atoms with E-state index in [1.54, 1.807) is 7.11 Å². The molecule has 0 bridgehead atoms. The Balaban J connectivity index is 2.79. The van der Waals surface area contributed by atoms with Gasteiger partial charge in [-0.3, -0.25) is 0 Å². The molecule has 0 aliphatic rings. The molecule has 16 heavy (non-hydrogen) atoms. The van der Waals surface area contributed by atoms with Gasteiger partial charge < -0.3 is 15.8 Å². The number of ether oxygens (including phenoxy) is 1. The predicted octanol–water partition coefficient (Wildman–Crippen LogP) is 1.77. The molecule has 0 radical (unpaired) electrons. The molecular formula is C12H18N2OS. The number of benzene rings is 1. The first-order valence-corrected chi connectivity index (χ1v) is 5.72. The molecule has 0 amide bonds. The summed E-state index contributed by atoms with van der Waals surface area (Å²) in [6.45, 7) is 2.68. The van der Waals surface area contributed by atoms with E-state index in [0.717, 1.165) is 12.0 Å². The van der Waals surface area contributed by atoms with Crippen LogP contribution >= 0.6 is 12.2 Å². The second-order valence-electron chi connectivity index (χ2n) is 3.61. The third-order valence-electron chi connectivity index (χ3n) is 2.44. The first-order chi connectivity index (χ1) is 7.67. The van der Waals surface area contributed by atoms with Crippen molar-refractivity contribution in [1.82, 2.24) is 5.32 Å². The van der Waals surface area contributed by atoms with Crippen molar-refractivity contribution in [2.24, 2.45) is 5.73 Å². The van der Waals surface area contributed by atoms with E-state index in [0.29, 0.717) is 11.7 Å². The van der Waals surface area contributed by atoms with Crippen molar-refractivity contribution in [2.75, 3.05) is 13.7 Å². The number of nitrogens with one attached hydrogen (secondary N) is 1. The van der Waals surface area contributed by atoms with Gasteiger partial charge in [0.1, 0.15) is 0 Å². The maximum Gasteiger partial charge on any atom is 0.164 e. The Bertz CT molecular complexity index is 337. The smallest absolute Gasteiger partial charge is 0.164 e. The first kappa shape index (κ1) is 12.9. The van der Waals surface area contributed by atoms with Crippen molar-refractivity contribution in [1.29, 1.82) is 0 Å². The van der Waals surface area contributed by atoms with Crippen LogP contribution in [0.2, 0.25) is 0 Å². The van der Waals surface area contributed by atoms with Crippen LogP contribution in [0.1, 0.15) is 24.1 Å². The maximum atomic E-state index is 5.48. The van der Waals surface area contributed by atoms with Crippen molar-refractivity contribution in [3.05, 3.63) is 35.4 Å². The van der Waals surface area contributed by atoms with Crippen LogP contribution in [0.4, 0.5) is 0 Å². The average molecular weight is 238 g/mol. The van der Waals surface area contributed by atoms with Gasteiger partial charge in [-0.2, -0.15) is 0 Å². The van der Waals surface area contributed by atoms with Gasteiger partial charge >= 0.3 is 0 Å². The molecule has 0 aliphatic heterocycles. The number of thiocarbonyl (C=S) groups is 1. The van der Waals surface area contributed by atoms with Crippen LogP contribution < -0.4 is 11.1 Å². The highest BCUT2D eigenvalue weighted by atomic mass is 32.1. The molecule has 1 aromatic carbocycles. The molecule has 0 aliphatic carbocycles. The Kier molecular flexibility index (Phi) is 5.22. The van der Waals surface area contributed by atoms with Crippen LogP contribution in [-0.4, -0.2) is 18.8 Å². The molecule has 1 unspecified atom stereocenters. The predicted molar refractivity (Wildman–Crippen MR) is 70.4 cm³/mol. The number of nitrogens with two attached hydrogens (primary N) is 1. The topological polar surface area (TPSA) is 47.3 Å². The molecule has 1 rings (SSSR count). The summed E-state index contributed by atoms with van der Waals surface area (Å²) in [6, 6.07) is 8.40. The minimum absolute atomic E-state index is 0.0217. The molecule has 0 aromatic heterocycles. The summed E-state index contributed by atoms with van der Waals surface area (Å²) in [4.78, 5) is 0. The lowest BCUT2D eigenvalue weighted by Gasteiger charge is -2.18. The van der Waals surface area contributed by atoms with Crippen LogP contribution in [0.25, 0.3) is 0 Å². The SMILES string of the molecule is CCc1ccc(C(COC)NC(N)=S)cc1. The number of hydrogen-bond acceptors (Lipinski definition) is 2. The highest BCUT2D eigenvalue weighted by Crippen LogP contribution is 2.14. The molecule has 3 nitrogen and oxygen atoms in total. The molecule has 1 atom stereocenters. The van der Waals surface area contributed by atoms with Crippen LogP contribution in [0.3, 0.4) is 0 Å². The van der Waals surface area contributed by atoms with Crippen molar-refractivity contribution in [2.45, 2.75) is 19.4 Å². The summed E-state index contributed by atoms with van der Waals surface area (Å²) >= 11 is 4.85. The van der Waals surface area contributed by atoms with Gasteiger partial charge in [-0.05, 0) is 29.8 Å². The maximum absolute atomic E-state index is 5.48. The second kappa shape index (κ2) is 6.45. The summed E-state index contributed by atoms with van der Waals surface area (Å²) in [6.07, 6.45) is 1.04. The molecule has 3 N–H and O–H groups in total. The van der Waals surface area contributed by atoms with Crippen molar-refractivity contribution < 1.29 is 4.74 Å². The van der Waals surface area contributed by atoms with Crippen LogP contribution in [0.5, 0.6) is 0 Å². The molecule has 0 saturated heterocycles. The molecule has 4 heteroatoms. The normalized spacial score (nSPS) is 12.1. The molecular weight excluding hydrogens is 220 g/mol. The van der Waals surface area contributed by atoms with Crippen LogP contribution in [0, 0.1) is 0 Å². The Labute approximate surface area is 102 Å². The van der Waals surface area contributed by atoms with Gasteiger partial charge in [0.2, 0.25) is 0 Å². The molecule has 88 valence electrons. The van der Waals surface area contributed by atoms with E-state index in [-0.39, 0.29) is 6.04 Å². The third kappa shape index (κ3) is 3.79. The summed E-state index contributed by atoms with van der Waals surface area (Å²) in [5.41, 5.74) is 7.93. The lowest BCUT2D eigenvalue weighted by molar-refractivity contribution is 0.174. The van der Waals surface area contributed by atoms with Gasteiger partial charge in [0.25, 0.3) is 0 Å². The molecule has 0 spiro atoms. The van der Waals surface area contributed by atoms with Crippen molar-refractivity contribution >= 4 is 17.3 Å². The molecule has 0 saturated carbocycles. The van der Waals surface area contributed by atoms with E-state index < -0.39 is 0 Å². The lowest BCUT2D eigenvalue weighted by atomic mass is 10.0. The van der Waals surface area contributed by atoms with Gasteiger partial charge in [0.15, 0.2) is 5.11 Å². The van der Waals surface area contributed by atoms with Gasteiger partial charge in [-0.15, -0.1) is 0 Å². The fourth-order valence-electron chi connectivity index (χ4n) is 1.55. The fourth-order valence-corrected chi connectivity index (χ4v) is 1.69. The Morgan fingerprint density at radius 1 is 1.44 bits per heavy atom. The van der Waals surface area contributed by atoms with Crippen molar-refractivity contribution in [3.63, 3.8) is 0 Å². The zero-order chi connectivity index (χ0) is 12.0. The highest BCUT2D eigenvalue weighted by Gasteiger charge is 2.10. The third-order valence-corrected chi connectivity index (χ3v) is 2.56. The summed E-state index contributed by atoms with van der Waals surface area (Å²) in [5.74, 6) is 0. The molecule has 0 fully saturated rings. The van der Waals surface area contributed by atoms with E-state index in [2.05, 4.69) is 36.5 Å². The van der Waals surface area contributed by atoms with E-state index in [4.69, 9.17) is 22.7 Å². The van der Waals surface area contributed by atoms with Gasteiger partial charge in [0.05, 0.1) is 12.6 Å². The molecule has 0 heterocycles. The Morgan fingerprint density at radius 3 is 2.50 bits per heavy atom. The van der Waals surface area contributed by atoms with Gasteiger partial charge in [-0.25, -0.2) is 0 Å². The Hall–Kier alpha value is -1.13. The van der Waals surface area contributed by atoms with Gasteiger partial charge in [-0.1, -0.05) is 31.2 Å². The molecule has 1 aromatic rings. The first-order valence-electron chi connectivity index (χ1n) is 5.31. The largest absolute Gasteiger partial charge is 0.382 e. The second-order valence-corrected chi connectivity index (χ2v) is 4.05. The number of aryl methyl sites for hydroxylation is 1. The lowest BCUT2D eigenvalue weighted by Crippen LogP contribution is -2.35. The fraction of sp³-hybridized carbons (Fsp3) is 0.417. The summed E-state index contributed by atoms with van der Waals surface area (Å²) in [5, 5.41) is 3.31. The quantitative estimate of drug-likeness (QED) is 0.768. The highest BCUT2D eigenvalue weighted by molar-refractivity contribution is 7.80. The zero-order valence-electron chi connectivity index (χ0n) is 9.69. The monoisotopic (exact) mass is 238 g/mol. The van der Waals surface area contributed by atoms with E-state index in [1.165, 1.54) is 5.56 Å². The summed E-state index contributed by atoms with van der Waals surface area (Å²) in [7, 11) is 1.66.